The third kappa shape index (κ3) is 3.59. The van der Waals surface area contributed by atoms with E-state index in [4.69, 9.17) is 16.3 Å². The lowest BCUT2D eigenvalue weighted by Crippen LogP contribution is -2.36. The van der Waals surface area contributed by atoms with Gasteiger partial charge in [0.2, 0.25) is 0 Å². The Bertz CT molecular complexity index is 670. The Morgan fingerprint density at radius 1 is 1.46 bits per heavy atom. The standard InChI is InChI=1S/C17H18ClF3O3/c1-16(8-10(9-24-2)3-5-12(16)15(22)23)11-4-6-14(18)13(7-11)17(19,20)21/h4-7,10H,3,8-9H2,1-2H3,(H,22,23). The van der Waals surface area contributed by atoms with Crippen LogP contribution in [0, 0.1) is 5.92 Å². The van der Waals surface area contributed by atoms with E-state index >= 15 is 0 Å². The van der Waals surface area contributed by atoms with E-state index in [0.29, 0.717) is 19.4 Å². The molecule has 0 amide bonds. The summed E-state index contributed by atoms with van der Waals surface area (Å²) < 4.78 is 44.5. The van der Waals surface area contributed by atoms with Crippen molar-refractivity contribution in [2.24, 2.45) is 5.92 Å². The molecule has 0 saturated heterocycles. The van der Waals surface area contributed by atoms with Gasteiger partial charge < -0.3 is 9.84 Å². The molecule has 1 aliphatic rings. The van der Waals surface area contributed by atoms with Gasteiger partial charge in [-0.1, -0.05) is 30.7 Å². The Morgan fingerprint density at radius 3 is 2.67 bits per heavy atom. The second-order valence-corrected chi connectivity index (χ2v) is 6.62. The maximum atomic E-state index is 13.1. The first-order chi connectivity index (χ1) is 11.1. The van der Waals surface area contributed by atoms with E-state index in [2.05, 4.69) is 0 Å². The quantitative estimate of drug-likeness (QED) is 0.845. The zero-order chi connectivity index (χ0) is 18.1. The number of ether oxygens (including phenoxy) is 1. The number of alkyl halides is 3. The molecule has 1 aliphatic carbocycles. The topological polar surface area (TPSA) is 46.5 Å². The summed E-state index contributed by atoms with van der Waals surface area (Å²) >= 11 is 5.67. The summed E-state index contributed by atoms with van der Waals surface area (Å²) in [6.07, 6.45) is -2.11. The van der Waals surface area contributed by atoms with Gasteiger partial charge in [0.1, 0.15) is 0 Å². The van der Waals surface area contributed by atoms with Gasteiger partial charge in [0.15, 0.2) is 0 Å². The predicted molar refractivity (Wildman–Crippen MR) is 84.1 cm³/mol. The zero-order valence-electron chi connectivity index (χ0n) is 13.3. The smallest absolute Gasteiger partial charge is 0.417 e. The fraction of sp³-hybridized carbons (Fsp3) is 0.471. The molecule has 0 bridgehead atoms. The van der Waals surface area contributed by atoms with Crippen molar-refractivity contribution in [3.8, 4) is 0 Å². The van der Waals surface area contributed by atoms with E-state index in [-0.39, 0.29) is 17.1 Å². The lowest BCUT2D eigenvalue weighted by atomic mass is 9.66. The molecule has 3 nitrogen and oxygen atoms in total. The number of carboxylic acids is 1. The van der Waals surface area contributed by atoms with Crippen LogP contribution in [0.25, 0.3) is 0 Å². The third-order valence-electron chi connectivity index (χ3n) is 4.49. The Morgan fingerprint density at radius 2 is 2.12 bits per heavy atom. The van der Waals surface area contributed by atoms with E-state index in [1.54, 1.807) is 13.0 Å². The Hall–Kier alpha value is -1.53. The minimum absolute atomic E-state index is 0.0353. The highest BCUT2D eigenvalue weighted by Gasteiger charge is 2.42. The molecule has 0 saturated carbocycles. The fourth-order valence-electron chi connectivity index (χ4n) is 3.33. The van der Waals surface area contributed by atoms with E-state index in [0.717, 1.165) is 6.07 Å². The van der Waals surface area contributed by atoms with Crippen LogP contribution in [0.4, 0.5) is 13.2 Å². The van der Waals surface area contributed by atoms with Crippen molar-refractivity contribution in [2.75, 3.05) is 13.7 Å². The van der Waals surface area contributed by atoms with Crippen LogP contribution in [0.15, 0.2) is 29.8 Å². The van der Waals surface area contributed by atoms with Gasteiger partial charge in [-0.05, 0) is 36.5 Å². The van der Waals surface area contributed by atoms with Crippen molar-refractivity contribution in [2.45, 2.75) is 31.4 Å². The van der Waals surface area contributed by atoms with Crippen molar-refractivity contribution in [1.29, 1.82) is 0 Å². The molecular weight excluding hydrogens is 345 g/mol. The van der Waals surface area contributed by atoms with Gasteiger partial charge >= 0.3 is 12.1 Å². The van der Waals surface area contributed by atoms with Crippen LogP contribution >= 0.6 is 11.6 Å². The zero-order valence-corrected chi connectivity index (χ0v) is 14.0. The Labute approximate surface area is 143 Å². The first-order valence-corrected chi connectivity index (χ1v) is 7.77. The summed E-state index contributed by atoms with van der Waals surface area (Å²) in [5.74, 6) is -1.09. The summed E-state index contributed by atoms with van der Waals surface area (Å²) in [4.78, 5) is 11.6. The molecule has 132 valence electrons. The van der Waals surface area contributed by atoms with Crippen LogP contribution in [0.1, 0.15) is 30.9 Å². The molecule has 2 rings (SSSR count). The second kappa shape index (κ2) is 6.76. The van der Waals surface area contributed by atoms with Crippen molar-refractivity contribution in [3.63, 3.8) is 0 Å². The summed E-state index contributed by atoms with van der Waals surface area (Å²) in [6.45, 7) is 2.07. The highest BCUT2D eigenvalue weighted by molar-refractivity contribution is 6.31. The molecule has 0 heterocycles. The molecule has 0 aromatic heterocycles. The van der Waals surface area contributed by atoms with Crippen LogP contribution in [0.3, 0.4) is 0 Å². The van der Waals surface area contributed by atoms with Crippen molar-refractivity contribution >= 4 is 17.6 Å². The maximum absolute atomic E-state index is 13.1. The Kier molecular flexibility index (Phi) is 5.30. The monoisotopic (exact) mass is 362 g/mol. The largest absolute Gasteiger partial charge is 0.478 e. The van der Waals surface area contributed by atoms with E-state index in [1.165, 1.54) is 19.2 Å². The molecule has 2 atom stereocenters. The normalized spacial score (nSPS) is 24.6. The molecule has 7 heteroatoms. The van der Waals surface area contributed by atoms with Crippen LogP contribution in [-0.2, 0) is 21.1 Å². The number of carbonyl (C=O) groups is 1. The highest BCUT2D eigenvalue weighted by Crippen LogP contribution is 2.45. The number of aliphatic carboxylic acids is 1. The molecule has 0 radical (unpaired) electrons. The number of methoxy groups -OCH3 is 1. The van der Waals surface area contributed by atoms with Gasteiger partial charge in [-0.15, -0.1) is 0 Å². The van der Waals surface area contributed by atoms with E-state index in [1.807, 2.05) is 0 Å². The lowest BCUT2D eigenvalue weighted by Gasteiger charge is -2.38. The first kappa shape index (κ1) is 18.8. The number of hydrogen-bond donors (Lipinski definition) is 1. The Balaban J connectivity index is 2.55. The van der Waals surface area contributed by atoms with Crippen molar-refractivity contribution < 1.29 is 27.8 Å². The van der Waals surface area contributed by atoms with Gasteiger partial charge in [-0.2, -0.15) is 13.2 Å². The number of allylic oxidation sites excluding steroid dienone is 1. The summed E-state index contributed by atoms with van der Waals surface area (Å²) in [5.41, 5.74) is -1.61. The van der Waals surface area contributed by atoms with Crippen LogP contribution < -0.4 is 0 Å². The summed E-state index contributed by atoms with van der Waals surface area (Å²) in [7, 11) is 1.54. The first-order valence-electron chi connectivity index (χ1n) is 7.39. The van der Waals surface area contributed by atoms with Gasteiger partial charge in [0, 0.05) is 24.7 Å². The van der Waals surface area contributed by atoms with E-state index in [9.17, 15) is 23.1 Å². The number of hydrogen-bond acceptors (Lipinski definition) is 2. The number of carboxylic acid groups (broad SMARTS) is 1. The van der Waals surface area contributed by atoms with Crippen molar-refractivity contribution in [3.05, 3.63) is 46.0 Å². The van der Waals surface area contributed by atoms with Gasteiger partial charge in [-0.3, -0.25) is 0 Å². The molecular formula is C17H18ClF3O3. The molecule has 2 unspecified atom stereocenters. The lowest BCUT2D eigenvalue weighted by molar-refractivity contribution is -0.137. The van der Waals surface area contributed by atoms with E-state index < -0.39 is 28.1 Å². The molecule has 0 spiro atoms. The summed E-state index contributed by atoms with van der Waals surface area (Å²) in [5, 5.41) is 9.08. The molecule has 0 fully saturated rings. The fourth-order valence-corrected chi connectivity index (χ4v) is 3.55. The summed E-state index contributed by atoms with van der Waals surface area (Å²) in [6, 6.07) is 3.59. The molecule has 1 aromatic carbocycles. The van der Waals surface area contributed by atoms with Gasteiger partial charge in [0.05, 0.1) is 10.6 Å². The average molecular weight is 363 g/mol. The molecule has 24 heavy (non-hydrogen) atoms. The minimum Gasteiger partial charge on any atom is -0.478 e. The highest BCUT2D eigenvalue weighted by atomic mass is 35.5. The average Bonchev–Trinajstić information content (AvgIpc) is 2.46. The molecule has 1 aromatic rings. The predicted octanol–water partition coefficient (Wildman–Crippen LogP) is 4.68. The van der Waals surface area contributed by atoms with Crippen LogP contribution in [0.5, 0.6) is 0 Å². The maximum Gasteiger partial charge on any atom is 0.417 e. The third-order valence-corrected chi connectivity index (χ3v) is 4.82. The van der Waals surface area contributed by atoms with Crippen LogP contribution in [0.2, 0.25) is 5.02 Å². The number of benzene rings is 1. The van der Waals surface area contributed by atoms with Gasteiger partial charge in [0.25, 0.3) is 0 Å². The second-order valence-electron chi connectivity index (χ2n) is 6.21. The minimum atomic E-state index is -4.60. The molecule has 1 N–H and O–H groups in total. The molecule has 0 aliphatic heterocycles. The number of halogens is 4. The SMILES string of the molecule is COCC1CC=C(C(=O)O)C(C)(c2ccc(Cl)c(C(F)(F)F)c2)C1. The number of rotatable bonds is 4. The van der Waals surface area contributed by atoms with Crippen LogP contribution in [-0.4, -0.2) is 24.8 Å². The van der Waals surface area contributed by atoms with Gasteiger partial charge in [-0.25, -0.2) is 4.79 Å². The van der Waals surface area contributed by atoms with Crippen molar-refractivity contribution in [1.82, 2.24) is 0 Å².